The van der Waals surface area contributed by atoms with Gasteiger partial charge in [-0.25, -0.2) is 9.88 Å². The second-order valence-electron chi connectivity index (χ2n) is 8.49. The zero-order chi connectivity index (χ0) is 26.1. The van der Waals surface area contributed by atoms with Crippen LogP contribution in [0.15, 0.2) is 88.9 Å². The minimum Gasteiger partial charge on any atom is -0.350 e. The highest BCUT2D eigenvalue weighted by atomic mass is 35.5. The van der Waals surface area contributed by atoms with Crippen molar-refractivity contribution < 1.29 is 14.4 Å². The number of halogens is 1. The number of hydrogen-bond donors (Lipinski definition) is 2. The standard InChI is InChI=1S/C28H21ClN4O3S/c1-16-11-12-17(2)22(13-16)33-26(35)23(29)24(27(33)36)30-20-10-6-9-19(14-20)25(34)32-28-31-21(15-37-28)18-7-4-3-5-8-18/h3-15,30H,1-2H3,(H,31,32,34). The van der Waals surface area contributed by atoms with E-state index in [1.165, 1.54) is 11.3 Å². The van der Waals surface area contributed by atoms with Gasteiger partial charge >= 0.3 is 0 Å². The fraction of sp³-hybridized carbons (Fsp3) is 0.0714. The normalized spacial score (nSPS) is 13.3. The monoisotopic (exact) mass is 528 g/mol. The van der Waals surface area contributed by atoms with Gasteiger partial charge in [0.2, 0.25) is 0 Å². The third-order valence-corrected chi connectivity index (χ3v) is 6.93. The summed E-state index contributed by atoms with van der Waals surface area (Å²) in [5.74, 6) is -1.52. The molecule has 1 aromatic heterocycles. The minimum atomic E-state index is -0.602. The number of benzene rings is 3. The number of rotatable bonds is 6. The molecular formula is C28H21ClN4O3S. The Balaban J connectivity index is 1.33. The Labute approximate surface area is 222 Å². The van der Waals surface area contributed by atoms with Gasteiger partial charge in [-0.05, 0) is 49.2 Å². The van der Waals surface area contributed by atoms with Gasteiger partial charge in [0.15, 0.2) is 5.13 Å². The van der Waals surface area contributed by atoms with E-state index in [4.69, 9.17) is 11.6 Å². The maximum Gasteiger partial charge on any atom is 0.283 e. The van der Waals surface area contributed by atoms with Gasteiger partial charge in [0.1, 0.15) is 10.7 Å². The van der Waals surface area contributed by atoms with Crippen molar-refractivity contribution in [3.63, 3.8) is 0 Å². The van der Waals surface area contributed by atoms with Crippen LogP contribution in [0.3, 0.4) is 0 Å². The van der Waals surface area contributed by atoms with Crippen molar-refractivity contribution in [2.75, 3.05) is 15.5 Å². The van der Waals surface area contributed by atoms with E-state index in [2.05, 4.69) is 15.6 Å². The van der Waals surface area contributed by atoms with Crippen molar-refractivity contribution in [3.05, 3.63) is 106 Å². The first-order chi connectivity index (χ1) is 17.8. The Kier molecular flexibility index (Phi) is 6.60. The molecule has 1 aliphatic rings. The van der Waals surface area contributed by atoms with Crippen molar-refractivity contribution in [1.82, 2.24) is 4.98 Å². The molecule has 0 unspecified atom stereocenters. The fourth-order valence-corrected chi connectivity index (χ4v) is 4.84. The number of carbonyl (C=O) groups excluding carboxylic acids is 3. The Hall–Kier alpha value is -4.27. The van der Waals surface area contributed by atoms with Crippen molar-refractivity contribution >= 4 is 57.2 Å². The van der Waals surface area contributed by atoms with Crippen molar-refractivity contribution in [1.29, 1.82) is 0 Å². The molecule has 3 aromatic carbocycles. The summed E-state index contributed by atoms with van der Waals surface area (Å²) in [4.78, 5) is 44.5. The predicted octanol–water partition coefficient (Wildman–Crippen LogP) is 6.11. The van der Waals surface area contributed by atoms with E-state index in [1.54, 1.807) is 30.3 Å². The first-order valence-corrected chi connectivity index (χ1v) is 12.6. The second kappa shape index (κ2) is 10.0. The number of aryl methyl sites for hydroxylation is 2. The molecule has 7 nitrogen and oxygen atoms in total. The maximum atomic E-state index is 13.2. The van der Waals surface area contributed by atoms with Crippen molar-refractivity contribution in [2.24, 2.45) is 0 Å². The summed E-state index contributed by atoms with van der Waals surface area (Å²) in [7, 11) is 0. The average molecular weight is 529 g/mol. The van der Waals surface area contributed by atoms with Crippen molar-refractivity contribution in [2.45, 2.75) is 13.8 Å². The molecule has 0 spiro atoms. The zero-order valence-electron chi connectivity index (χ0n) is 19.9. The number of imide groups is 1. The third-order valence-electron chi connectivity index (χ3n) is 5.82. The van der Waals surface area contributed by atoms with Crippen LogP contribution in [0, 0.1) is 13.8 Å². The minimum absolute atomic E-state index is 0.0439. The summed E-state index contributed by atoms with van der Waals surface area (Å²) in [6, 6.07) is 21.8. The highest BCUT2D eigenvalue weighted by Gasteiger charge is 2.39. The Morgan fingerprint density at radius 2 is 1.73 bits per heavy atom. The second-order valence-corrected chi connectivity index (χ2v) is 9.72. The number of aromatic nitrogens is 1. The lowest BCUT2D eigenvalue weighted by molar-refractivity contribution is -0.120. The van der Waals surface area contributed by atoms with Crippen LogP contribution in [0.25, 0.3) is 11.3 Å². The largest absolute Gasteiger partial charge is 0.350 e. The van der Waals surface area contributed by atoms with Gasteiger partial charge in [-0.1, -0.05) is 60.1 Å². The van der Waals surface area contributed by atoms with E-state index in [0.717, 1.165) is 27.3 Å². The molecule has 37 heavy (non-hydrogen) atoms. The third kappa shape index (κ3) is 4.89. The summed E-state index contributed by atoms with van der Waals surface area (Å²) >= 11 is 7.62. The summed E-state index contributed by atoms with van der Waals surface area (Å²) < 4.78 is 0. The molecule has 3 amide bonds. The topological polar surface area (TPSA) is 91.4 Å². The van der Waals surface area contributed by atoms with E-state index in [9.17, 15) is 14.4 Å². The summed E-state index contributed by atoms with van der Waals surface area (Å²) in [5.41, 5.74) is 4.64. The first-order valence-electron chi connectivity index (χ1n) is 11.4. The van der Waals surface area contributed by atoms with Crippen LogP contribution >= 0.6 is 22.9 Å². The lowest BCUT2D eigenvalue weighted by Gasteiger charge is -2.18. The van der Waals surface area contributed by atoms with E-state index < -0.39 is 11.8 Å². The smallest absolute Gasteiger partial charge is 0.283 e. The SMILES string of the molecule is Cc1ccc(C)c(N2C(=O)C(Cl)=C(Nc3cccc(C(=O)Nc4nc(-c5ccccc5)cs4)c3)C2=O)c1. The molecule has 0 fully saturated rings. The van der Waals surface area contributed by atoms with Gasteiger partial charge in [-0.3, -0.25) is 19.7 Å². The zero-order valence-corrected chi connectivity index (χ0v) is 21.5. The van der Waals surface area contributed by atoms with Crippen LogP contribution in [0.1, 0.15) is 21.5 Å². The molecule has 0 saturated carbocycles. The van der Waals surface area contributed by atoms with Crippen LogP contribution in [0.2, 0.25) is 0 Å². The number of carbonyl (C=O) groups is 3. The van der Waals surface area contributed by atoms with Crippen LogP contribution < -0.4 is 15.5 Å². The van der Waals surface area contributed by atoms with Gasteiger partial charge in [-0.2, -0.15) is 0 Å². The lowest BCUT2D eigenvalue weighted by atomic mass is 10.1. The van der Waals surface area contributed by atoms with Gasteiger partial charge in [0, 0.05) is 22.2 Å². The van der Waals surface area contributed by atoms with E-state index in [-0.39, 0.29) is 16.6 Å². The molecule has 4 aromatic rings. The molecule has 2 heterocycles. The average Bonchev–Trinajstić information content (AvgIpc) is 3.45. The number of hydrogen-bond acceptors (Lipinski definition) is 6. The van der Waals surface area contributed by atoms with Gasteiger partial charge < -0.3 is 5.32 Å². The van der Waals surface area contributed by atoms with Gasteiger partial charge in [0.05, 0.1) is 11.4 Å². The van der Waals surface area contributed by atoms with E-state index >= 15 is 0 Å². The van der Waals surface area contributed by atoms with Crippen molar-refractivity contribution in [3.8, 4) is 11.3 Å². The lowest BCUT2D eigenvalue weighted by Crippen LogP contribution is -2.33. The summed E-state index contributed by atoms with van der Waals surface area (Å²) in [6.45, 7) is 3.70. The Bertz CT molecular complexity index is 1580. The molecule has 1 aliphatic heterocycles. The molecule has 0 saturated heterocycles. The fourth-order valence-electron chi connectivity index (χ4n) is 3.91. The highest BCUT2D eigenvalue weighted by Crippen LogP contribution is 2.33. The highest BCUT2D eigenvalue weighted by molar-refractivity contribution is 7.14. The number of anilines is 3. The molecule has 184 valence electrons. The maximum absolute atomic E-state index is 13.2. The molecule has 0 aliphatic carbocycles. The number of thiazole rings is 1. The Morgan fingerprint density at radius 3 is 2.51 bits per heavy atom. The van der Waals surface area contributed by atoms with Crippen LogP contribution in [0.4, 0.5) is 16.5 Å². The number of nitrogens with zero attached hydrogens (tertiary/aromatic N) is 2. The quantitative estimate of drug-likeness (QED) is 0.294. The molecule has 0 bridgehead atoms. The predicted molar refractivity (Wildman–Crippen MR) is 147 cm³/mol. The number of amides is 3. The van der Waals surface area contributed by atoms with Gasteiger partial charge in [-0.15, -0.1) is 11.3 Å². The Morgan fingerprint density at radius 1 is 0.946 bits per heavy atom. The first kappa shape index (κ1) is 24.4. The number of nitrogens with one attached hydrogen (secondary N) is 2. The molecule has 0 atom stereocenters. The van der Waals surface area contributed by atoms with Crippen LogP contribution in [-0.4, -0.2) is 22.7 Å². The molecular weight excluding hydrogens is 508 g/mol. The van der Waals surface area contributed by atoms with E-state index in [1.807, 2.05) is 61.7 Å². The molecule has 2 N–H and O–H groups in total. The summed E-state index contributed by atoms with van der Waals surface area (Å²) in [5, 5.41) is 7.87. The van der Waals surface area contributed by atoms with Crippen LogP contribution in [-0.2, 0) is 9.59 Å². The molecule has 9 heteroatoms. The molecule has 5 rings (SSSR count). The summed E-state index contributed by atoms with van der Waals surface area (Å²) in [6.07, 6.45) is 0. The molecule has 0 radical (unpaired) electrons. The van der Waals surface area contributed by atoms with Gasteiger partial charge in [0.25, 0.3) is 17.7 Å². The van der Waals surface area contributed by atoms with E-state index in [0.29, 0.717) is 22.1 Å². The van der Waals surface area contributed by atoms with Crippen LogP contribution in [0.5, 0.6) is 0 Å².